The Kier molecular flexibility index (Phi) is 18.8. The number of nitrogens with one attached hydrogen (secondary N) is 1. The number of phosphoric ester groups is 1. The van der Waals surface area contributed by atoms with E-state index in [4.69, 9.17) is 9.79 Å². The molecule has 0 aliphatic carbocycles. The monoisotopic (exact) mass is 621 g/mol. The summed E-state index contributed by atoms with van der Waals surface area (Å²) in [6.45, 7) is 2.02. The molecule has 0 bridgehead atoms. The van der Waals surface area contributed by atoms with Gasteiger partial charge in [-0.15, -0.1) is 0 Å². The average Bonchev–Trinajstić information content (AvgIpc) is 2.81. The van der Waals surface area contributed by atoms with Gasteiger partial charge in [0.25, 0.3) is 0 Å². The summed E-state index contributed by atoms with van der Waals surface area (Å²) in [6.07, 6.45) is 21.2. The minimum Gasteiger partial charge on any atom is -0.351 e. The fourth-order valence-electron chi connectivity index (χ4n) is 3.90. The molecule has 6 nitrogen and oxygen atoms in total. The third-order valence-corrected chi connectivity index (χ3v) is 7.07. The smallest absolute Gasteiger partial charge is 0.351 e. The van der Waals surface area contributed by atoms with Crippen molar-refractivity contribution in [2.45, 2.75) is 109 Å². The van der Waals surface area contributed by atoms with E-state index in [2.05, 4.69) is 51.5 Å². The number of hydrogen-bond acceptors (Lipinski definition) is 3. The zero-order chi connectivity index (χ0) is 25.8. The first kappa shape index (κ1) is 32.3. The van der Waals surface area contributed by atoms with E-state index in [1.807, 2.05) is 24.3 Å². The van der Waals surface area contributed by atoms with E-state index < -0.39 is 13.9 Å². The maximum Gasteiger partial charge on any atom is 0.469 e. The number of benzene rings is 1. The van der Waals surface area contributed by atoms with Crippen molar-refractivity contribution in [3.05, 3.63) is 45.6 Å². The van der Waals surface area contributed by atoms with E-state index in [0.29, 0.717) is 12.8 Å². The SMILES string of the molecule is CCCCCCCC/C=C\CCCCCCCC(=O)N[C@@H](COP(=O)(O)O)Cc1ccc(I)cc1. The molecule has 0 saturated carbocycles. The first-order chi connectivity index (χ1) is 16.8. The minimum atomic E-state index is -4.59. The summed E-state index contributed by atoms with van der Waals surface area (Å²) in [4.78, 5) is 30.4. The number of unbranched alkanes of at least 4 members (excludes halogenated alkanes) is 11. The van der Waals surface area contributed by atoms with Crippen LogP contribution in [0.15, 0.2) is 36.4 Å². The van der Waals surface area contributed by atoms with Crippen LogP contribution in [0.4, 0.5) is 0 Å². The molecule has 0 spiro atoms. The number of halogens is 1. The van der Waals surface area contributed by atoms with E-state index in [9.17, 15) is 9.36 Å². The number of rotatable bonds is 21. The van der Waals surface area contributed by atoms with Crippen LogP contribution in [0.25, 0.3) is 0 Å². The number of allylic oxidation sites excluding steroid dienone is 2. The molecule has 1 aromatic rings. The summed E-state index contributed by atoms with van der Waals surface area (Å²) in [5.41, 5.74) is 0.978. The molecule has 35 heavy (non-hydrogen) atoms. The van der Waals surface area contributed by atoms with Gasteiger partial charge in [0.2, 0.25) is 5.91 Å². The van der Waals surface area contributed by atoms with Crippen LogP contribution < -0.4 is 5.32 Å². The van der Waals surface area contributed by atoms with E-state index >= 15 is 0 Å². The Morgan fingerprint density at radius 2 is 1.49 bits per heavy atom. The van der Waals surface area contributed by atoms with Gasteiger partial charge in [-0.2, -0.15) is 0 Å². The Morgan fingerprint density at radius 1 is 0.943 bits per heavy atom. The number of hydrogen-bond donors (Lipinski definition) is 3. The molecule has 0 saturated heterocycles. The quantitative estimate of drug-likeness (QED) is 0.0573. The fourth-order valence-corrected chi connectivity index (χ4v) is 4.63. The van der Waals surface area contributed by atoms with Crippen molar-refractivity contribution in [3.8, 4) is 0 Å². The van der Waals surface area contributed by atoms with Crippen molar-refractivity contribution in [2.75, 3.05) is 6.61 Å². The van der Waals surface area contributed by atoms with Gasteiger partial charge in [0.15, 0.2) is 0 Å². The Morgan fingerprint density at radius 3 is 2.06 bits per heavy atom. The Labute approximate surface area is 226 Å². The van der Waals surface area contributed by atoms with Crippen LogP contribution in [0.3, 0.4) is 0 Å². The highest BCUT2D eigenvalue weighted by molar-refractivity contribution is 14.1. The summed E-state index contributed by atoms with van der Waals surface area (Å²) in [5.74, 6) is -0.104. The molecular formula is C27H45INO5P. The van der Waals surface area contributed by atoms with E-state index in [-0.39, 0.29) is 12.5 Å². The first-order valence-corrected chi connectivity index (χ1v) is 15.8. The van der Waals surface area contributed by atoms with Crippen LogP contribution in [-0.4, -0.2) is 28.3 Å². The van der Waals surface area contributed by atoms with Gasteiger partial charge in [-0.05, 0) is 78.8 Å². The molecule has 3 N–H and O–H groups in total. The molecular weight excluding hydrogens is 576 g/mol. The third kappa shape index (κ3) is 20.1. The molecule has 1 atom stereocenters. The maximum atomic E-state index is 12.4. The molecule has 8 heteroatoms. The van der Waals surface area contributed by atoms with Gasteiger partial charge in [0, 0.05) is 9.99 Å². The van der Waals surface area contributed by atoms with Gasteiger partial charge in [-0.3, -0.25) is 9.32 Å². The number of carbonyl (C=O) groups is 1. The highest BCUT2D eigenvalue weighted by atomic mass is 127. The van der Waals surface area contributed by atoms with Crippen molar-refractivity contribution in [1.29, 1.82) is 0 Å². The van der Waals surface area contributed by atoms with Crippen LogP contribution in [0.5, 0.6) is 0 Å². The predicted octanol–water partition coefficient (Wildman–Crippen LogP) is 7.47. The zero-order valence-corrected chi connectivity index (χ0v) is 24.4. The summed E-state index contributed by atoms with van der Waals surface area (Å²) in [6, 6.07) is 7.33. The van der Waals surface area contributed by atoms with E-state index in [0.717, 1.165) is 34.8 Å². The molecule has 200 valence electrons. The highest BCUT2D eigenvalue weighted by Crippen LogP contribution is 2.35. The number of phosphoric acid groups is 1. The standard InChI is InChI=1S/C27H45INO5P/c1-2-3-4-5-6-7-8-9-10-11-12-13-14-15-16-17-27(30)29-26(23-34-35(31,32)33)22-24-18-20-25(28)21-19-24/h9-10,18-21,26H,2-8,11-17,22-23H2,1H3,(H,29,30)(H2,31,32,33)/b10-9-/t26-/m1/s1. The van der Waals surface area contributed by atoms with E-state index in [1.54, 1.807) is 0 Å². The predicted molar refractivity (Wildman–Crippen MR) is 152 cm³/mol. The molecule has 0 fully saturated rings. The van der Waals surface area contributed by atoms with Gasteiger partial charge >= 0.3 is 7.82 Å². The van der Waals surface area contributed by atoms with Crippen LogP contribution >= 0.6 is 30.4 Å². The first-order valence-electron chi connectivity index (χ1n) is 13.2. The van der Waals surface area contributed by atoms with Gasteiger partial charge in [0.05, 0.1) is 12.6 Å². The summed E-state index contributed by atoms with van der Waals surface area (Å²) >= 11 is 2.22. The molecule has 0 aromatic heterocycles. The fraction of sp³-hybridized carbons (Fsp3) is 0.667. The second kappa shape index (κ2) is 20.3. The Bertz CT molecular complexity index is 750. The van der Waals surface area contributed by atoms with E-state index in [1.165, 1.54) is 57.8 Å². The van der Waals surface area contributed by atoms with Crippen LogP contribution in [0, 0.1) is 3.57 Å². The number of amides is 1. The van der Waals surface area contributed by atoms with Gasteiger partial charge in [-0.1, -0.05) is 82.6 Å². The van der Waals surface area contributed by atoms with Crippen LogP contribution in [-0.2, 0) is 20.3 Å². The number of carbonyl (C=O) groups excluding carboxylic acids is 1. The van der Waals surface area contributed by atoms with Crippen molar-refractivity contribution in [3.63, 3.8) is 0 Å². The van der Waals surface area contributed by atoms with Crippen LogP contribution in [0.2, 0.25) is 0 Å². The summed E-state index contributed by atoms with van der Waals surface area (Å²) < 4.78 is 16.9. The molecule has 0 heterocycles. The largest absolute Gasteiger partial charge is 0.469 e. The lowest BCUT2D eigenvalue weighted by Crippen LogP contribution is -2.39. The average molecular weight is 622 g/mol. The second-order valence-corrected chi connectivity index (χ2v) is 11.7. The molecule has 0 aliphatic heterocycles. The van der Waals surface area contributed by atoms with Crippen molar-refractivity contribution >= 4 is 36.3 Å². The summed E-state index contributed by atoms with van der Waals surface area (Å²) in [7, 11) is -4.59. The van der Waals surface area contributed by atoms with Crippen LogP contribution in [0.1, 0.15) is 102 Å². The Balaban J connectivity index is 2.15. The van der Waals surface area contributed by atoms with Gasteiger partial charge < -0.3 is 15.1 Å². The summed E-state index contributed by atoms with van der Waals surface area (Å²) in [5, 5.41) is 2.88. The maximum absolute atomic E-state index is 12.4. The molecule has 0 unspecified atom stereocenters. The Hall–Kier alpha value is -0.730. The molecule has 0 radical (unpaired) electrons. The van der Waals surface area contributed by atoms with Crippen molar-refractivity contribution in [2.24, 2.45) is 0 Å². The lowest BCUT2D eigenvalue weighted by molar-refractivity contribution is -0.122. The highest BCUT2D eigenvalue weighted by Gasteiger charge is 2.20. The normalized spacial score (nSPS) is 12.8. The van der Waals surface area contributed by atoms with Gasteiger partial charge in [0.1, 0.15) is 0 Å². The lowest BCUT2D eigenvalue weighted by Gasteiger charge is -2.19. The van der Waals surface area contributed by atoms with Crippen molar-refractivity contribution in [1.82, 2.24) is 5.32 Å². The molecule has 1 amide bonds. The second-order valence-electron chi connectivity index (χ2n) is 9.22. The lowest BCUT2D eigenvalue weighted by atomic mass is 10.1. The molecule has 0 aliphatic rings. The van der Waals surface area contributed by atoms with Gasteiger partial charge in [-0.25, -0.2) is 4.57 Å². The third-order valence-electron chi connectivity index (χ3n) is 5.87. The van der Waals surface area contributed by atoms with Crippen molar-refractivity contribution < 1.29 is 23.7 Å². The zero-order valence-electron chi connectivity index (χ0n) is 21.3. The molecule has 1 rings (SSSR count). The minimum absolute atomic E-state index is 0.104. The topological polar surface area (TPSA) is 95.9 Å². The molecule has 1 aromatic carbocycles.